The van der Waals surface area contributed by atoms with Crippen molar-refractivity contribution in [2.24, 2.45) is 5.41 Å². The van der Waals surface area contributed by atoms with Gasteiger partial charge in [-0.05, 0) is 47.1 Å². The quantitative estimate of drug-likeness (QED) is 0.837. The largest absolute Gasteiger partial charge is 0.497 e. The van der Waals surface area contributed by atoms with Gasteiger partial charge in [0.05, 0.1) is 20.3 Å². The molecule has 3 rings (SSSR count). The first kappa shape index (κ1) is 18.1. The topological polar surface area (TPSA) is 67.8 Å². The lowest BCUT2D eigenvalue weighted by atomic mass is 9.70. The summed E-state index contributed by atoms with van der Waals surface area (Å²) in [6, 6.07) is 11.8. The maximum atomic E-state index is 11.3. The number of rotatable bonds is 4. The first-order chi connectivity index (χ1) is 12.4. The highest BCUT2D eigenvalue weighted by molar-refractivity contribution is 5.73. The molecule has 0 saturated carbocycles. The van der Waals surface area contributed by atoms with Crippen molar-refractivity contribution in [3.05, 3.63) is 47.5 Å². The van der Waals surface area contributed by atoms with Crippen LogP contribution < -0.4 is 14.8 Å². The highest BCUT2D eigenvalue weighted by Gasteiger charge is 2.37. The fourth-order valence-electron chi connectivity index (χ4n) is 3.73. The summed E-state index contributed by atoms with van der Waals surface area (Å²) in [5.74, 6) is 1.50. The summed E-state index contributed by atoms with van der Waals surface area (Å²) in [5, 5.41) is 11.9. The van der Waals surface area contributed by atoms with Gasteiger partial charge in [0.2, 0.25) is 0 Å². The molecule has 5 heteroatoms. The smallest absolute Gasteiger partial charge is 0.405 e. The number of carbonyl (C=O) groups is 1. The van der Waals surface area contributed by atoms with Gasteiger partial charge in [-0.1, -0.05) is 32.0 Å². The highest BCUT2D eigenvalue weighted by Crippen LogP contribution is 2.45. The Balaban J connectivity index is 2.03. The summed E-state index contributed by atoms with van der Waals surface area (Å²) in [6.07, 6.45) is 0.859. The summed E-state index contributed by atoms with van der Waals surface area (Å²) >= 11 is 0. The van der Waals surface area contributed by atoms with Crippen LogP contribution in [0.2, 0.25) is 0 Å². The van der Waals surface area contributed by atoms with E-state index in [1.54, 1.807) is 14.2 Å². The fraction of sp³-hybridized carbons (Fsp3) is 0.381. The van der Waals surface area contributed by atoms with Crippen molar-refractivity contribution in [2.45, 2.75) is 32.7 Å². The average molecular weight is 355 g/mol. The molecule has 1 atom stereocenters. The van der Waals surface area contributed by atoms with Crippen molar-refractivity contribution >= 4 is 6.09 Å². The number of carboxylic acid groups (broad SMARTS) is 1. The van der Waals surface area contributed by atoms with Gasteiger partial charge in [0.15, 0.2) is 0 Å². The van der Waals surface area contributed by atoms with Crippen molar-refractivity contribution in [2.75, 3.05) is 14.2 Å². The van der Waals surface area contributed by atoms with Crippen molar-refractivity contribution in [1.82, 2.24) is 5.32 Å². The minimum atomic E-state index is -0.989. The standard InChI is InChI=1S/C21H25NO4/c1-21(2)10-9-14-11-13(5-7-17(14)19(21)22-20(23)24)16-8-6-15(25-3)12-18(16)26-4/h5-8,11-12,19,22H,9-10H2,1-4H3,(H,23,24)/t19-/m1/s1. The van der Waals surface area contributed by atoms with E-state index in [4.69, 9.17) is 9.47 Å². The molecule has 0 saturated heterocycles. The summed E-state index contributed by atoms with van der Waals surface area (Å²) < 4.78 is 10.8. The Morgan fingerprint density at radius 1 is 1.15 bits per heavy atom. The van der Waals surface area contributed by atoms with Crippen LogP contribution in [0.5, 0.6) is 11.5 Å². The monoisotopic (exact) mass is 355 g/mol. The van der Waals surface area contributed by atoms with Crippen LogP contribution in [0, 0.1) is 5.41 Å². The molecule has 0 spiro atoms. The number of aryl methyl sites for hydroxylation is 1. The first-order valence-corrected chi connectivity index (χ1v) is 8.70. The van der Waals surface area contributed by atoms with Crippen molar-refractivity contribution in [1.29, 1.82) is 0 Å². The minimum absolute atomic E-state index is 0.120. The van der Waals surface area contributed by atoms with Crippen LogP contribution in [0.25, 0.3) is 11.1 Å². The van der Waals surface area contributed by atoms with Gasteiger partial charge in [-0.25, -0.2) is 4.79 Å². The second kappa shape index (κ2) is 6.90. The average Bonchev–Trinajstić information content (AvgIpc) is 2.63. The van der Waals surface area contributed by atoms with Gasteiger partial charge in [0.1, 0.15) is 11.5 Å². The number of ether oxygens (including phenoxy) is 2. The van der Waals surface area contributed by atoms with E-state index in [0.29, 0.717) is 0 Å². The fourth-order valence-corrected chi connectivity index (χ4v) is 3.73. The van der Waals surface area contributed by atoms with Crippen LogP contribution in [0.1, 0.15) is 37.4 Å². The minimum Gasteiger partial charge on any atom is -0.497 e. The van der Waals surface area contributed by atoms with E-state index in [2.05, 4.69) is 25.2 Å². The normalized spacial score (nSPS) is 17.9. The van der Waals surface area contributed by atoms with Crippen molar-refractivity contribution in [3.63, 3.8) is 0 Å². The van der Waals surface area contributed by atoms with E-state index < -0.39 is 6.09 Å². The molecule has 0 heterocycles. The number of amides is 1. The zero-order valence-electron chi connectivity index (χ0n) is 15.6. The molecule has 2 N–H and O–H groups in total. The van der Waals surface area contributed by atoms with Crippen LogP contribution in [0.4, 0.5) is 4.79 Å². The predicted octanol–water partition coefficient (Wildman–Crippen LogP) is 4.65. The second-order valence-electron chi connectivity index (χ2n) is 7.35. The van der Waals surface area contributed by atoms with E-state index in [1.165, 1.54) is 5.56 Å². The second-order valence-corrected chi connectivity index (χ2v) is 7.35. The van der Waals surface area contributed by atoms with E-state index in [-0.39, 0.29) is 11.5 Å². The molecule has 1 amide bonds. The molecule has 1 aliphatic carbocycles. The number of nitrogens with one attached hydrogen (secondary N) is 1. The van der Waals surface area contributed by atoms with Crippen LogP contribution in [0.15, 0.2) is 36.4 Å². The lowest BCUT2D eigenvalue weighted by Gasteiger charge is -2.40. The molecule has 0 radical (unpaired) electrons. The molecular weight excluding hydrogens is 330 g/mol. The maximum absolute atomic E-state index is 11.3. The molecule has 0 aliphatic heterocycles. The molecular formula is C21H25NO4. The molecule has 5 nitrogen and oxygen atoms in total. The molecule has 26 heavy (non-hydrogen) atoms. The molecule has 0 bridgehead atoms. The summed E-state index contributed by atoms with van der Waals surface area (Å²) in [7, 11) is 3.27. The zero-order chi connectivity index (χ0) is 18.9. The number of benzene rings is 2. The molecule has 0 aromatic heterocycles. The molecule has 0 fully saturated rings. The Morgan fingerprint density at radius 2 is 1.92 bits per heavy atom. The zero-order valence-corrected chi connectivity index (χ0v) is 15.6. The predicted molar refractivity (Wildman–Crippen MR) is 101 cm³/mol. The Bertz CT molecular complexity index is 829. The van der Waals surface area contributed by atoms with Crippen molar-refractivity contribution in [3.8, 4) is 22.6 Å². The molecule has 0 unspecified atom stereocenters. The van der Waals surface area contributed by atoms with Gasteiger partial charge in [-0.2, -0.15) is 0 Å². The van der Waals surface area contributed by atoms with Gasteiger partial charge in [-0.3, -0.25) is 0 Å². The molecule has 2 aromatic rings. The van der Waals surface area contributed by atoms with Gasteiger partial charge >= 0.3 is 6.09 Å². The lowest BCUT2D eigenvalue weighted by molar-refractivity contribution is 0.161. The van der Waals surface area contributed by atoms with E-state index in [0.717, 1.165) is 41.0 Å². The van der Waals surface area contributed by atoms with Crippen molar-refractivity contribution < 1.29 is 19.4 Å². The Hall–Kier alpha value is -2.69. The summed E-state index contributed by atoms with van der Waals surface area (Å²) in [4.78, 5) is 11.3. The molecule has 138 valence electrons. The third kappa shape index (κ3) is 3.34. The number of hydrogen-bond donors (Lipinski definition) is 2. The van der Waals surface area contributed by atoms with Gasteiger partial charge in [0, 0.05) is 11.6 Å². The SMILES string of the molecule is COc1ccc(-c2ccc3c(c2)CCC(C)(C)[C@@H]3NC(=O)O)c(OC)c1. The first-order valence-electron chi connectivity index (χ1n) is 8.70. The maximum Gasteiger partial charge on any atom is 0.405 e. The van der Waals surface area contributed by atoms with Crippen LogP contribution in [-0.2, 0) is 6.42 Å². The van der Waals surface area contributed by atoms with E-state index >= 15 is 0 Å². The van der Waals surface area contributed by atoms with Gasteiger partial charge < -0.3 is 19.9 Å². The Kier molecular flexibility index (Phi) is 4.81. The van der Waals surface area contributed by atoms with Gasteiger partial charge in [0.25, 0.3) is 0 Å². The van der Waals surface area contributed by atoms with Gasteiger partial charge in [-0.15, -0.1) is 0 Å². The Morgan fingerprint density at radius 3 is 2.58 bits per heavy atom. The number of methoxy groups -OCH3 is 2. The molecule has 1 aliphatic rings. The third-order valence-corrected chi connectivity index (χ3v) is 5.26. The Labute approximate surface area is 153 Å². The lowest BCUT2D eigenvalue weighted by Crippen LogP contribution is -2.40. The van der Waals surface area contributed by atoms with Crippen LogP contribution >= 0.6 is 0 Å². The third-order valence-electron chi connectivity index (χ3n) is 5.26. The highest BCUT2D eigenvalue weighted by atomic mass is 16.5. The number of fused-ring (bicyclic) bond motifs is 1. The van der Waals surface area contributed by atoms with E-state index in [1.807, 2.05) is 30.3 Å². The molecule has 2 aromatic carbocycles. The number of hydrogen-bond acceptors (Lipinski definition) is 3. The van der Waals surface area contributed by atoms with Crippen LogP contribution in [0.3, 0.4) is 0 Å². The summed E-state index contributed by atoms with van der Waals surface area (Å²) in [5.41, 5.74) is 4.16. The summed E-state index contributed by atoms with van der Waals surface area (Å²) in [6.45, 7) is 4.22. The van der Waals surface area contributed by atoms with E-state index in [9.17, 15) is 9.90 Å². The van der Waals surface area contributed by atoms with Crippen LogP contribution in [-0.4, -0.2) is 25.4 Å².